The smallest absolute Gasteiger partial charge is 0.408 e. The molecule has 24 heavy (non-hydrogen) atoms. The Morgan fingerprint density at radius 1 is 1.17 bits per heavy atom. The molecule has 0 saturated heterocycles. The first kappa shape index (κ1) is 19.7. The molecule has 0 radical (unpaired) electrons. The summed E-state index contributed by atoms with van der Waals surface area (Å²) < 4.78 is 5.23. The number of hydrogen-bond donors (Lipinski definition) is 2. The number of amides is 2. The summed E-state index contributed by atoms with van der Waals surface area (Å²) in [6, 6.07) is 9.01. The van der Waals surface area contributed by atoms with Crippen molar-refractivity contribution in [2.24, 2.45) is 5.92 Å². The molecule has 0 fully saturated rings. The van der Waals surface area contributed by atoms with Gasteiger partial charge in [-0.15, -0.1) is 0 Å². The molecule has 1 rings (SSSR count). The molecule has 2 amide bonds. The van der Waals surface area contributed by atoms with Crippen molar-refractivity contribution in [3.63, 3.8) is 0 Å². The molecule has 0 spiro atoms. The van der Waals surface area contributed by atoms with Crippen molar-refractivity contribution < 1.29 is 14.3 Å². The number of hydrogen-bond acceptors (Lipinski definition) is 3. The van der Waals surface area contributed by atoms with Gasteiger partial charge in [0.05, 0.1) is 0 Å². The Bertz CT molecular complexity index is 560. The van der Waals surface area contributed by atoms with Crippen LogP contribution >= 0.6 is 0 Å². The van der Waals surface area contributed by atoms with Gasteiger partial charge in [-0.05, 0) is 44.7 Å². The second-order valence-corrected chi connectivity index (χ2v) is 7.08. The van der Waals surface area contributed by atoms with Gasteiger partial charge in [-0.1, -0.05) is 44.2 Å². The maximum atomic E-state index is 12.3. The van der Waals surface area contributed by atoms with Crippen LogP contribution in [0.25, 0.3) is 6.08 Å². The molecule has 0 bridgehead atoms. The SMILES string of the molecule is CC(C)C[C@H](NC(=O)OC(C)(C)C)C(=O)N/C=C\c1ccccc1. The van der Waals surface area contributed by atoms with E-state index in [9.17, 15) is 9.59 Å². The Labute approximate surface area is 144 Å². The van der Waals surface area contributed by atoms with Gasteiger partial charge >= 0.3 is 6.09 Å². The summed E-state index contributed by atoms with van der Waals surface area (Å²) in [6.45, 7) is 9.35. The average molecular weight is 332 g/mol. The van der Waals surface area contributed by atoms with Crippen LogP contribution in [0.3, 0.4) is 0 Å². The predicted octanol–water partition coefficient (Wildman–Crippen LogP) is 3.71. The molecule has 5 nitrogen and oxygen atoms in total. The molecular formula is C19H28N2O3. The molecule has 1 aromatic rings. The van der Waals surface area contributed by atoms with E-state index in [1.54, 1.807) is 33.0 Å². The Balaban J connectivity index is 2.64. The lowest BCUT2D eigenvalue weighted by Crippen LogP contribution is -2.47. The lowest BCUT2D eigenvalue weighted by Gasteiger charge is -2.23. The van der Waals surface area contributed by atoms with Gasteiger partial charge in [-0.25, -0.2) is 4.79 Å². The molecule has 0 heterocycles. The minimum Gasteiger partial charge on any atom is -0.444 e. The van der Waals surface area contributed by atoms with Crippen molar-refractivity contribution in [1.29, 1.82) is 0 Å². The van der Waals surface area contributed by atoms with E-state index < -0.39 is 17.7 Å². The van der Waals surface area contributed by atoms with Gasteiger partial charge in [-0.3, -0.25) is 4.79 Å². The zero-order valence-corrected chi connectivity index (χ0v) is 15.1. The first-order valence-electron chi connectivity index (χ1n) is 8.19. The summed E-state index contributed by atoms with van der Waals surface area (Å²) in [6.07, 6.45) is 3.33. The van der Waals surface area contributed by atoms with E-state index in [2.05, 4.69) is 10.6 Å². The van der Waals surface area contributed by atoms with Crippen molar-refractivity contribution >= 4 is 18.1 Å². The predicted molar refractivity (Wildman–Crippen MR) is 96.2 cm³/mol. The number of rotatable bonds is 6. The Kier molecular flexibility index (Phi) is 7.49. The van der Waals surface area contributed by atoms with Crippen molar-refractivity contribution in [3.8, 4) is 0 Å². The van der Waals surface area contributed by atoms with E-state index in [0.29, 0.717) is 6.42 Å². The Morgan fingerprint density at radius 2 is 1.79 bits per heavy atom. The molecule has 1 atom stereocenters. The fraction of sp³-hybridized carbons (Fsp3) is 0.474. The largest absolute Gasteiger partial charge is 0.444 e. The van der Waals surface area contributed by atoms with Gasteiger partial charge in [0.2, 0.25) is 5.91 Å². The van der Waals surface area contributed by atoms with E-state index in [-0.39, 0.29) is 11.8 Å². The highest BCUT2D eigenvalue weighted by atomic mass is 16.6. The van der Waals surface area contributed by atoms with Crippen molar-refractivity contribution in [2.45, 2.75) is 52.7 Å². The first-order chi connectivity index (χ1) is 11.2. The first-order valence-corrected chi connectivity index (χ1v) is 8.19. The third-order valence-electron chi connectivity index (χ3n) is 3.02. The summed E-state index contributed by atoms with van der Waals surface area (Å²) in [7, 11) is 0. The standard InChI is InChI=1S/C19H28N2O3/c1-14(2)13-16(21-18(23)24-19(3,4)5)17(22)20-12-11-15-9-7-6-8-10-15/h6-12,14,16H,13H2,1-5H3,(H,20,22)(H,21,23)/b12-11-/t16-/m0/s1. The minimum absolute atomic E-state index is 0.258. The van der Waals surface area contributed by atoms with E-state index in [1.165, 1.54) is 0 Å². The number of nitrogens with one attached hydrogen (secondary N) is 2. The van der Waals surface area contributed by atoms with Crippen LogP contribution in [0, 0.1) is 5.92 Å². The van der Waals surface area contributed by atoms with Crippen molar-refractivity contribution in [2.75, 3.05) is 0 Å². The molecule has 0 unspecified atom stereocenters. The molecule has 132 valence electrons. The third-order valence-corrected chi connectivity index (χ3v) is 3.02. The van der Waals surface area contributed by atoms with Crippen LogP contribution < -0.4 is 10.6 Å². The zero-order valence-electron chi connectivity index (χ0n) is 15.1. The van der Waals surface area contributed by atoms with Crippen LogP contribution in [0.4, 0.5) is 4.79 Å². The molecule has 0 aromatic heterocycles. The summed E-state index contributed by atoms with van der Waals surface area (Å²) in [4.78, 5) is 24.3. The Morgan fingerprint density at radius 3 is 2.33 bits per heavy atom. The number of ether oxygens (including phenoxy) is 1. The quantitative estimate of drug-likeness (QED) is 0.834. The molecule has 5 heteroatoms. The third kappa shape index (κ3) is 8.36. The molecule has 0 saturated carbocycles. The van der Waals surface area contributed by atoms with Gasteiger partial charge in [0.25, 0.3) is 0 Å². The van der Waals surface area contributed by atoms with Crippen LogP contribution in [0.1, 0.15) is 46.6 Å². The maximum Gasteiger partial charge on any atom is 0.408 e. The Hall–Kier alpha value is -2.30. The topological polar surface area (TPSA) is 67.4 Å². The summed E-state index contributed by atoms with van der Waals surface area (Å²) >= 11 is 0. The number of benzene rings is 1. The van der Waals surface area contributed by atoms with Gasteiger partial charge < -0.3 is 15.4 Å². The minimum atomic E-state index is -0.639. The van der Waals surface area contributed by atoms with Crippen LogP contribution in [-0.4, -0.2) is 23.6 Å². The van der Waals surface area contributed by atoms with E-state index in [1.807, 2.05) is 44.2 Å². The summed E-state index contributed by atoms with van der Waals surface area (Å²) in [5.74, 6) is -0.00414. The van der Waals surface area contributed by atoms with E-state index >= 15 is 0 Å². The summed E-state index contributed by atoms with van der Waals surface area (Å²) in [5, 5.41) is 5.36. The fourth-order valence-electron chi connectivity index (χ4n) is 2.04. The monoisotopic (exact) mass is 332 g/mol. The normalized spacial score (nSPS) is 12.9. The molecule has 2 N–H and O–H groups in total. The lowest BCUT2D eigenvalue weighted by molar-refractivity contribution is -0.122. The van der Waals surface area contributed by atoms with Gasteiger partial charge in [0, 0.05) is 6.20 Å². The molecule has 0 aliphatic rings. The maximum absolute atomic E-state index is 12.3. The molecule has 0 aliphatic carbocycles. The van der Waals surface area contributed by atoms with E-state index in [0.717, 1.165) is 5.56 Å². The zero-order chi connectivity index (χ0) is 18.2. The lowest BCUT2D eigenvalue weighted by atomic mass is 10.0. The molecular weight excluding hydrogens is 304 g/mol. The number of carbonyl (C=O) groups excluding carboxylic acids is 2. The van der Waals surface area contributed by atoms with Crippen LogP contribution in [0.5, 0.6) is 0 Å². The second-order valence-electron chi connectivity index (χ2n) is 7.08. The highest BCUT2D eigenvalue weighted by Crippen LogP contribution is 2.09. The van der Waals surface area contributed by atoms with Gasteiger partial charge in [0.15, 0.2) is 0 Å². The fourth-order valence-corrected chi connectivity index (χ4v) is 2.04. The van der Waals surface area contributed by atoms with Crippen LogP contribution in [-0.2, 0) is 9.53 Å². The summed E-state index contributed by atoms with van der Waals surface area (Å²) in [5.41, 5.74) is 0.384. The van der Waals surface area contributed by atoms with Crippen molar-refractivity contribution in [3.05, 3.63) is 42.1 Å². The highest BCUT2D eigenvalue weighted by Gasteiger charge is 2.24. The molecule has 1 aromatic carbocycles. The highest BCUT2D eigenvalue weighted by molar-refractivity contribution is 5.86. The van der Waals surface area contributed by atoms with Crippen molar-refractivity contribution in [1.82, 2.24) is 10.6 Å². The molecule has 0 aliphatic heterocycles. The van der Waals surface area contributed by atoms with Crippen LogP contribution in [0.2, 0.25) is 0 Å². The van der Waals surface area contributed by atoms with E-state index in [4.69, 9.17) is 4.74 Å². The second kappa shape index (κ2) is 9.11. The van der Waals surface area contributed by atoms with Gasteiger partial charge in [0.1, 0.15) is 11.6 Å². The van der Waals surface area contributed by atoms with Crippen LogP contribution in [0.15, 0.2) is 36.5 Å². The average Bonchev–Trinajstić information content (AvgIpc) is 2.45. The van der Waals surface area contributed by atoms with Gasteiger partial charge in [-0.2, -0.15) is 0 Å². The number of alkyl carbamates (subject to hydrolysis) is 1. The number of carbonyl (C=O) groups is 2.